The minimum absolute atomic E-state index is 0.243. The molecule has 0 saturated carbocycles. The van der Waals surface area contributed by atoms with Crippen molar-refractivity contribution in [2.45, 2.75) is 26.5 Å². The Hall–Kier alpha value is -3.81. The van der Waals surface area contributed by atoms with E-state index in [1.807, 2.05) is 0 Å². The number of carbonyl (C=O) groups excluding carboxylic acids is 3. The van der Waals surface area contributed by atoms with E-state index in [1.165, 1.54) is 12.0 Å². The smallest absolute Gasteiger partial charge is 0.338 e. The van der Waals surface area contributed by atoms with Gasteiger partial charge in [0.25, 0.3) is 0 Å². The van der Waals surface area contributed by atoms with Gasteiger partial charge in [0.1, 0.15) is 12.4 Å². The van der Waals surface area contributed by atoms with E-state index in [1.54, 1.807) is 69.4 Å². The third kappa shape index (κ3) is 4.91. The normalized spacial score (nSPS) is 15.8. The van der Waals surface area contributed by atoms with Crippen molar-refractivity contribution >= 4 is 18.0 Å². The summed E-state index contributed by atoms with van der Waals surface area (Å²) < 4.78 is 15.7. The van der Waals surface area contributed by atoms with E-state index in [4.69, 9.17) is 14.2 Å². The molecule has 8 heteroatoms. The maximum absolute atomic E-state index is 12.5. The lowest BCUT2D eigenvalue weighted by Gasteiger charge is -2.33. The van der Waals surface area contributed by atoms with Gasteiger partial charge in [0.15, 0.2) is 0 Å². The molecule has 1 aliphatic heterocycles. The van der Waals surface area contributed by atoms with Crippen LogP contribution >= 0.6 is 0 Å². The van der Waals surface area contributed by atoms with Gasteiger partial charge < -0.3 is 24.4 Å². The fourth-order valence-electron chi connectivity index (χ4n) is 3.34. The van der Waals surface area contributed by atoms with Crippen LogP contribution in [0.15, 0.2) is 59.8 Å². The second-order valence-corrected chi connectivity index (χ2v) is 7.21. The minimum atomic E-state index is -0.613. The third-order valence-electron chi connectivity index (χ3n) is 5.24. The molecule has 168 valence electrons. The highest BCUT2D eigenvalue weighted by Gasteiger charge is 2.34. The molecule has 0 aromatic heterocycles. The number of benzene rings is 2. The molecule has 1 unspecified atom stereocenters. The molecule has 32 heavy (non-hydrogen) atoms. The Bertz CT molecular complexity index is 1030. The fraction of sp³-hybridized carbons (Fsp3) is 0.292. The number of carbonyl (C=O) groups is 3. The van der Waals surface area contributed by atoms with Crippen LogP contribution in [0.25, 0.3) is 0 Å². The van der Waals surface area contributed by atoms with Crippen molar-refractivity contribution in [1.29, 1.82) is 0 Å². The van der Waals surface area contributed by atoms with Gasteiger partial charge in [-0.05, 0) is 49.2 Å². The molecule has 2 amide bonds. The summed E-state index contributed by atoms with van der Waals surface area (Å²) in [6, 6.07) is 13.2. The molecule has 0 saturated heterocycles. The first-order chi connectivity index (χ1) is 15.3. The molecular formula is C24H26N2O6. The van der Waals surface area contributed by atoms with Crippen LogP contribution in [0.2, 0.25) is 0 Å². The van der Waals surface area contributed by atoms with E-state index in [-0.39, 0.29) is 18.6 Å². The molecule has 3 rings (SSSR count). The molecule has 0 aliphatic carbocycles. The molecule has 1 heterocycles. The molecule has 0 bridgehead atoms. The van der Waals surface area contributed by atoms with Gasteiger partial charge in [-0.1, -0.05) is 24.3 Å². The SMILES string of the molecule is CCOC(=O)C1=C(C)N(C)C(=O)NC1c1ccc(OCc2ccc(C(=O)OC)cc2)cc1. The Labute approximate surface area is 186 Å². The monoisotopic (exact) mass is 438 g/mol. The lowest BCUT2D eigenvalue weighted by atomic mass is 9.95. The molecule has 0 fully saturated rings. The van der Waals surface area contributed by atoms with Crippen molar-refractivity contribution < 1.29 is 28.6 Å². The molecule has 1 aliphatic rings. The highest BCUT2D eigenvalue weighted by Crippen LogP contribution is 2.31. The van der Waals surface area contributed by atoms with E-state index < -0.39 is 12.0 Å². The molecule has 2 aromatic rings. The highest BCUT2D eigenvalue weighted by molar-refractivity contribution is 5.95. The fourth-order valence-corrected chi connectivity index (χ4v) is 3.34. The lowest BCUT2D eigenvalue weighted by molar-refractivity contribution is -0.139. The summed E-state index contributed by atoms with van der Waals surface area (Å²) in [6.07, 6.45) is 0. The van der Waals surface area contributed by atoms with Crippen LogP contribution in [0.3, 0.4) is 0 Å². The topological polar surface area (TPSA) is 94.2 Å². The largest absolute Gasteiger partial charge is 0.489 e. The van der Waals surface area contributed by atoms with Crippen molar-refractivity contribution in [3.8, 4) is 5.75 Å². The highest BCUT2D eigenvalue weighted by atomic mass is 16.5. The first kappa shape index (κ1) is 22.9. The third-order valence-corrected chi connectivity index (χ3v) is 5.24. The van der Waals surface area contributed by atoms with Gasteiger partial charge in [0, 0.05) is 12.7 Å². The Morgan fingerprint density at radius 2 is 1.69 bits per heavy atom. The van der Waals surface area contributed by atoms with Gasteiger partial charge in [0.2, 0.25) is 0 Å². The number of nitrogens with zero attached hydrogens (tertiary/aromatic N) is 1. The zero-order chi connectivity index (χ0) is 23.3. The van der Waals surface area contributed by atoms with Crippen LogP contribution in [0, 0.1) is 0 Å². The maximum Gasteiger partial charge on any atom is 0.338 e. The van der Waals surface area contributed by atoms with Gasteiger partial charge in [0.05, 0.1) is 30.9 Å². The standard InChI is InChI=1S/C24H26N2O6/c1-5-31-23(28)20-15(2)26(3)24(29)25-21(20)17-10-12-19(13-11-17)32-14-16-6-8-18(9-7-16)22(27)30-4/h6-13,21H,5,14H2,1-4H3,(H,25,29). The van der Waals surface area contributed by atoms with Gasteiger partial charge in [-0.2, -0.15) is 0 Å². The summed E-state index contributed by atoms with van der Waals surface area (Å²) in [5, 5.41) is 2.85. The van der Waals surface area contributed by atoms with Crippen molar-refractivity contribution in [2.75, 3.05) is 20.8 Å². The van der Waals surface area contributed by atoms with Crippen molar-refractivity contribution in [3.63, 3.8) is 0 Å². The van der Waals surface area contributed by atoms with E-state index in [9.17, 15) is 14.4 Å². The number of methoxy groups -OCH3 is 1. The molecule has 0 radical (unpaired) electrons. The number of amides is 2. The first-order valence-corrected chi connectivity index (χ1v) is 10.2. The van der Waals surface area contributed by atoms with E-state index in [0.717, 1.165) is 11.1 Å². The quantitative estimate of drug-likeness (QED) is 0.664. The number of rotatable bonds is 7. The van der Waals surface area contributed by atoms with Gasteiger partial charge in [-0.3, -0.25) is 0 Å². The molecule has 8 nitrogen and oxygen atoms in total. The van der Waals surface area contributed by atoms with Crippen LogP contribution < -0.4 is 10.1 Å². The van der Waals surface area contributed by atoms with E-state index in [0.29, 0.717) is 29.2 Å². The summed E-state index contributed by atoms with van der Waals surface area (Å²) in [6.45, 7) is 4.02. The summed E-state index contributed by atoms with van der Waals surface area (Å²) in [5.74, 6) is -0.221. The number of esters is 2. The number of hydrogen-bond donors (Lipinski definition) is 1. The summed E-state index contributed by atoms with van der Waals surface area (Å²) >= 11 is 0. The van der Waals surface area contributed by atoms with Gasteiger partial charge in [-0.15, -0.1) is 0 Å². The van der Waals surface area contributed by atoms with Gasteiger partial charge >= 0.3 is 18.0 Å². The number of urea groups is 1. The average Bonchev–Trinajstić information content (AvgIpc) is 2.81. The summed E-state index contributed by atoms with van der Waals surface area (Å²) in [4.78, 5) is 37.8. The lowest BCUT2D eigenvalue weighted by Crippen LogP contribution is -2.46. The van der Waals surface area contributed by atoms with E-state index >= 15 is 0 Å². The zero-order valence-electron chi connectivity index (χ0n) is 18.5. The van der Waals surface area contributed by atoms with Crippen LogP contribution in [-0.4, -0.2) is 43.6 Å². The number of allylic oxidation sites excluding steroid dienone is 1. The zero-order valence-corrected chi connectivity index (χ0v) is 18.5. The van der Waals surface area contributed by atoms with Crippen LogP contribution in [0.1, 0.15) is 41.4 Å². The van der Waals surface area contributed by atoms with Crippen LogP contribution in [-0.2, 0) is 20.9 Å². The Morgan fingerprint density at radius 3 is 2.28 bits per heavy atom. The second-order valence-electron chi connectivity index (χ2n) is 7.21. The summed E-state index contributed by atoms with van der Waals surface area (Å²) in [7, 11) is 2.95. The minimum Gasteiger partial charge on any atom is -0.489 e. The van der Waals surface area contributed by atoms with E-state index in [2.05, 4.69) is 5.32 Å². The second kappa shape index (κ2) is 10.00. The summed E-state index contributed by atoms with van der Waals surface area (Å²) in [5.41, 5.74) is 3.05. The number of hydrogen-bond acceptors (Lipinski definition) is 6. The van der Waals surface area contributed by atoms with Crippen LogP contribution in [0.5, 0.6) is 5.75 Å². The molecular weight excluding hydrogens is 412 g/mol. The predicted molar refractivity (Wildman–Crippen MR) is 117 cm³/mol. The number of ether oxygens (including phenoxy) is 3. The Kier molecular flexibility index (Phi) is 7.14. The molecule has 0 spiro atoms. The van der Waals surface area contributed by atoms with Gasteiger partial charge in [-0.25, -0.2) is 14.4 Å². The van der Waals surface area contributed by atoms with Crippen molar-refractivity contribution in [2.24, 2.45) is 0 Å². The maximum atomic E-state index is 12.5. The number of nitrogens with one attached hydrogen (secondary N) is 1. The Morgan fingerprint density at radius 1 is 1.03 bits per heavy atom. The Balaban J connectivity index is 1.73. The molecule has 2 aromatic carbocycles. The molecule has 1 N–H and O–H groups in total. The molecule has 1 atom stereocenters. The van der Waals surface area contributed by atoms with Crippen molar-refractivity contribution in [1.82, 2.24) is 10.2 Å². The predicted octanol–water partition coefficient (Wildman–Crippen LogP) is 3.59. The first-order valence-electron chi connectivity index (χ1n) is 10.2. The van der Waals surface area contributed by atoms with Crippen LogP contribution in [0.4, 0.5) is 4.79 Å². The van der Waals surface area contributed by atoms with Crippen molar-refractivity contribution in [3.05, 3.63) is 76.5 Å². The average molecular weight is 438 g/mol.